The number of amides is 1. The van der Waals surface area contributed by atoms with Gasteiger partial charge in [0, 0.05) is 29.6 Å². The maximum Gasteiger partial charge on any atom is 0.287 e. The molecule has 0 aliphatic carbocycles. The summed E-state index contributed by atoms with van der Waals surface area (Å²) in [6, 6.07) is 16.6. The number of methoxy groups -OCH3 is 1. The quantitative estimate of drug-likeness (QED) is 0.763. The molecular weight excluding hydrogens is 314 g/mol. The summed E-state index contributed by atoms with van der Waals surface area (Å²) in [4.78, 5) is 12.3. The Hall–Kier alpha value is -2.30. The molecule has 0 bridgehead atoms. The van der Waals surface area contributed by atoms with Crippen molar-refractivity contribution in [2.75, 3.05) is 13.7 Å². The molecule has 23 heavy (non-hydrogen) atoms. The van der Waals surface area contributed by atoms with Gasteiger partial charge in [0.05, 0.1) is 0 Å². The minimum absolute atomic E-state index is 0.278. The summed E-state index contributed by atoms with van der Waals surface area (Å²) >= 11 is 6.17. The van der Waals surface area contributed by atoms with E-state index in [2.05, 4.69) is 5.32 Å². The maximum absolute atomic E-state index is 12.3. The van der Waals surface area contributed by atoms with Crippen LogP contribution in [0.3, 0.4) is 0 Å². The summed E-state index contributed by atoms with van der Waals surface area (Å²) in [5.41, 5.74) is 1.52. The van der Waals surface area contributed by atoms with Crippen molar-refractivity contribution in [2.24, 2.45) is 0 Å². The molecule has 0 saturated carbocycles. The Labute approximate surface area is 139 Å². The van der Waals surface area contributed by atoms with Crippen molar-refractivity contribution < 1.29 is 13.9 Å². The summed E-state index contributed by atoms with van der Waals surface area (Å²) in [5, 5.41) is 4.32. The second-order valence-corrected chi connectivity index (χ2v) is 5.51. The summed E-state index contributed by atoms with van der Waals surface area (Å²) in [6.45, 7) is 0.302. The number of hydrogen-bond donors (Lipinski definition) is 1. The topological polar surface area (TPSA) is 51.5 Å². The molecule has 0 aliphatic heterocycles. The lowest BCUT2D eigenvalue weighted by Gasteiger charge is -2.17. The minimum Gasteiger partial charge on any atom is -0.451 e. The number of furan rings is 1. The van der Waals surface area contributed by atoms with E-state index in [0.717, 1.165) is 10.9 Å². The molecule has 0 unspecified atom stereocenters. The number of benzene rings is 2. The van der Waals surface area contributed by atoms with E-state index in [1.54, 1.807) is 19.2 Å². The standard InChI is InChI=1S/C18H16ClNO3/c1-22-17(13-7-3-4-8-14(13)19)11-20-18(21)16-10-12-6-2-5-9-15(12)23-16/h2-10,17H,11H2,1H3,(H,20,21)/t17-/m0/s1. The van der Waals surface area contributed by atoms with Crippen molar-refractivity contribution in [3.05, 3.63) is 70.9 Å². The van der Waals surface area contributed by atoms with Gasteiger partial charge < -0.3 is 14.5 Å². The number of rotatable bonds is 5. The molecule has 1 N–H and O–H groups in total. The summed E-state index contributed by atoms with van der Waals surface area (Å²) in [7, 11) is 1.58. The zero-order valence-electron chi connectivity index (χ0n) is 12.6. The molecule has 0 fully saturated rings. The van der Waals surface area contributed by atoms with Crippen LogP contribution in [0.25, 0.3) is 11.0 Å². The van der Waals surface area contributed by atoms with Gasteiger partial charge in [-0.15, -0.1) is 0 Å². The fourth-order valence-electron chi connectivity index (χ4n) is 2.42. The molecule has 1 heterocycles. The molecule has 2 aromatic carbocycles. The predicted octanol–water partition coefficient (Wildman–Crippen LogP) is 4.20. The van der Waals surface area contributed by atoms with E-state index in [4.69, 9.17) is 20.8 Å². The first-order valence-electron chi connectivity index (χ1n) is 7.23. The lowest BCUT2D eigenvalue weighted by Crippen LogP contribution is -2.29. The summed E-state index contributed by atoms with van der Waals surface area (Å²) in [5.74, 6) is -0.00415. The fourth-order valence-corrected chi connectivity index (χ4v) is 2.68. The van der Waals surface area contributed by atoms with Crippen LogP contribution < -0.4 is 5.32 Å². The minimum atomic E-state index is -0.322. The molecular formula is C18H16ClNO3. The lowest BCUT2D eigenvalue weighted by atomic mass is 10.1. The first-order chi connectivity index (χ1) is 11.2. The average molecular weight is 330 g/mol. The van der Waals surface area contributed by atoms with Crippen LogP contribution in [0, 0.1) is 0 Å². The van der Waals surface area contributed by atoms with Gasteiger partial charge in [0.15, 0.2) is 5.76 Å². The number of ether oxygens (including phenoxy) is 1. The molecule has 1 amide bonds. The predicted molar refractivity (Wildman–Crippen MR) is 89.7 cm³/mol. The van der Waals surface area contributed by atoms with Crippen LogP contribution in [-0.4, -0.2) is 19.6 Å². The second-order valence-electron chi connectivity index (χ2n) is 5.10. The maximum atomic E-state index is 12.3. The fraction of sp³-hybridized carbons (Fsp3) is 0.167. The van der Waals surface area contributed by atoms with Crippen LogP contribution >= 0.6 is 11.6 Å². The highest BCUT2D eigenvalue weighted by molar-refractivity contribution is 6.31. The number of hydrogen-bond acceptors (Lipinski definition) is 3. The smallest absolute Gasteiger partial charge is 0.287 e. The van der Waals surface area contributed by atoms with Gasteiger partial charge in [-0.05, 0) is 18.2 Å². The number of nitrogens with one attached hydrogen (secondary N) is 1. The highest BCUT2D eigenvalue weighted by atomic mass is 35.5. The lowest BCUT2D eigenvalue weighted by molar-refractivity contribution is 0.0809. The number of carbonyl (C=O) groups excluding carboxylic acids is 1. The Kier molecular flexibility index (Phi) is 4.65. The van der Waals surface area contributed by atoms with Crippen LogP contribution in [0.2, 0.25) is 5.02 Å². The SMILES string of the molecule is CO[C@@H](CNC(=O)c1cc2ccccc2o1)c1ccccc1Cl. The van der Waals surface area contributed by atoms with Crippen molar-refractivity contribution >= 4 is 28.5 Å². The van der Waals surface area contributed by atoms with E-state index in [1.165, 1.54) is 0 Å². The van der Waals surface area contributed by atoms with Gasteiger partial charge in [-0.3, -0.25) is 4.79 Å². The van der Waals surface area contributed by atoms with Crippen LogP contribution in [0.15, 0.2) is 59.0 Å². The zero-order chi connectivity index (χ0) is 16.2. The van der Waals surface area contributed by atoms with Gasteiger partial charge in [0.25, 0.3) is 5.91 Å². The Bertz CT molecular complexity index is 795. The average Bonchev–Trinajstić information content (AvgIpc) is 3.01. The molecule has 1 atom stereocenters. The molecule has 0 saturated heterocycles. The Morgan fingerprint density at radius 1 is 1.22 bits per heavy atom. The van der Waals surface area contributed by atoms with Gasteiger partial charge in [0.1, 0.15) is 11.7 Å². The Morgan fingerprint density at radius 3 is 2.70 bits per heavy atom. The summed E-state index contributed by atoms with van der Waals surface area (Å²) in [6.07, 6.45) is -0.322. The van der Waals surface area contributed by atoms with Gasteiger partial charge in [0.2, 0.25) is 0 Å². The molecule has 1 aromatic heterocycles. The first kappa shape index (κ1) is 15.6. The molecule has 3 rings (SSSR count). The van der Waals surface area contributed by atoms with Crippen molar-refractivity contribution in [3.63, 3.8) is 0 Å². The van der Waals surface area contributed by atoms with E-state index in [1.807, 2.05) is 42.5 Å². The number of carbonyl (C=O) groups is 1. The van der Waals surface area contributed by atoms with Gasteiger partial charge in [-0.25, -0.2) is 0 Å². The zero-order valence-corrected chi connectivity index (χ0v) is 13.3. The molecule has 5 heteroatoms. The summed E-state index contributed by atoms with van der Waals surface area (Å²) < 4.78 is 11.0. The third-order valence-electron chi connectivity index (χ3n) is 3.63. The van der Waals surface area contributed by atoms with Crippen LogP contribution in [0.5, 0.6) is 0 Å². The van der Waals surface area contributed by atoms with Crippen LogP contribution in [0.1, 0.15) is 22.2 Å². The van der Waals surface area contributed by atoms with Gasteiger partial charge in [-0.2, -0.15) is 0 Å². The van der Waals surface area contributed by atoms with E-state index in [9.17, 15) is 4.79 Å². The van der Waals surface area contributed by atoms with Crippen molar-refractivity contribution in [2.45, 2.75) is 6.10 Å². The first-order valence-corrected chi connectivity index (χ1v) is 7.61. The second kappa shape index (κ2) is 6.86. The van der Waals surface area contributed by atoms with Gasteiger partial charge in [-0.1, -0.05) is 48.0 Å². The molecule has 0 spiro atoms. The molecule has 0 aliphatic rings. The highest BCUT2D eigenvalue weighted by Gasteiger charge is 2.17. The Balaban J connectivity index is 1.71. The van der Waals surface area contributed by atoms with E-state index >= 15 is 0 Å². The van der Waals surface area contributed by atoms with Crippen molar-refractivity contribution in [3.8, 4) is 0 Å². The van der Waals surface area contributed by atoms with E-state index in [-0.39, 0.29) is 17.8 Å². The van der Waals surface area contributed by atoms with Crippen LogP contribution in [-0.2, 0) is 4.74 Å². The van der Waals surface area contributed by atoms with E-state index < -0.39 is 0 Å². The van der Waals surface area contributed by atoms with Crippen LogP contribution in [0.4, 0.5) is 0 Å². The molecule has 4 nitrogen and oxygen atoms in total. The van der Waals surface area contributed by atoms with E-state index in [0.29, 0.717) is 17.2 Å². The molecule has 118 valence electrons. The number of halogens is 1. The van der Waals surface area contributed by atoms with Crippen molar-refractivity contribution in [1.29, 1.82) is 0 Å². The van der Waals surface area contributed by atoms with Crippen molar-refractivity contribution in [1.82, 2.24) is 5.32 Å². The molecule has 3 aromatic rings. The number of para-hydroxylation sites is 1. The third kappa shape index (κ3) is 3.38. The highest BCUT2D eigenvalue weighted by Crippen LogP contribution is 2.24. The third-order valence-corrected chi connectivity index (χ3v) is 3.98. The number of fused-ring (bicyclic) bond motifs is 1. The normalized spacial score (nSPS) is 12.3. The Morgan fingerprint density at radius 2 is 1.96 bits per heavy atom. The largest absolute Gasteiger partial charge is 0.451 e. The monoisotopic (exact) mass is 329 g/mol. The van der Waals surface area contributed by atoms with Gasteiger partial charge >= 0.3 is 0 Å². The molecule has 0 radical (unpaired) electrons.